The van der Waals surface area contributed by atoms with E-state index >= 15 is 0 Å². The fraction of sp³-hybridized carbons (Fsp3) is 0.333. The summed E-state index contributed by atoms with van der Waals surface area (Å²) in [5, 5.41) is 2.99. The van der Waals surface area contributed by atoms with Gasteiger partial charge in [0.15, 0.2) is 0 Å². The topological polar surface area (TPSA) is 48.4 Å². The molecule has 106 valence electrons. The molecule has 0 saturated heterocycles. The van der Waals surface area contributed by atoms with Gasteiger partial charge in [-0.2, -0.15) is 0 Å². The predicted molar refractivity (Wildman–Crippen MR) is 78.0 cm³/mol. The highest BCUT2D eigenvalue weighted by Crippen LogP contribution is 2.13. The molecule has 1 aromatic heterocycles. The summed E-state index contributed by atoms with van der Waals surface area (Å²) in [6.07, 6.45) is 1.17. The van der Waals surface area contributed by atoms with Gasteiger partial charge in [-0.15, -0.1) is 11.3 Å². The number of hydrogen-bond donors (Lipinski definition) is 0. The minimum Gasteiger partial charge on any atom is -0.497 e. The van der Waals surface area contributed by atoms with Crippen molar-refractivity contribution < 1.29 is 14.3 Å². The normalized spacial score (nSPS) is 10.3. The Morgan fingerprint density at radius 3 is 2.65 bits per heavy atom. The Hall–Kier alpha value is -1.88. The van der Waals surface area contributed by atoms with Gasteiger partial charge in [0.2, 0.25) is 0 Å². The fourth-order valence-electron chi connectivity index (χ4n) is 1.69. The summed E-state index contributed by atoms with van der Waals surface area (Å²) in [6.45, 7) is 2.30. The molecule has 0 unspecified atom stereocenters. The van der Waals surface area contributed by atoms with Crippen molar-refractivity contribution in [3.05, 3.63) is 45.9 Å². The Balaban J connectivity index is 1.82. The highest BCUT2D eigenvalue weighted by molar-refractivity contribution is 7.09. The first-order valence-corrected chi connectivity index (χ1v) is 7.31. The number of methoxy groups -OCH3 is 1. The maximum Gasteiger partial charge on any atom is 0.310 e. The van der Waals surface area contributed by atoms with Crippen molar-refractivity contribution in [2.75, 3.05) is 7.11 Å². The fourth-order valence-corrected chi connectivity index (χ4v) is 2.42. The number of hydrogen-bond acceptors (Lipinski definition) is 5. The summed E-state index contributed by atoms with van der Waals surface area (Å²) in [4.78, 5) is 16.1. The van der Waals surface area contributed by atoms with E-state index in [2.05, 4.69) is 11.9 Å². The number of carbonyl (C=O) groups is 1. The molecule has 0 fully saturated rings. The summed E-state index contributed by atoms with van der Waals surface area (Å²) in [6, 6.07) is 7.38. The third kappa shape index (κ3) is 4.06. The average molecular weight is 291 g/mol. The van der Waals surface area contributed by atoms with Gasteiger partial charge >= 0.3 is 5.97 Å². The van der Waals surface area contributed by atoms with E-state index in [0.29, 0.717) is 0 Å². The van der Waals surface area contributed by atoms with Gasteiger partial charge in [0.05, 0.1) is 24.2 Å². The van der Waals surface area contributed by atoms with E-state index in [-0.39, 0.29) is 19.0 Å². The van der Waals surface area contributed by atoms with Crippen LogP contribution in [0, 0.1) is 0 Å². The summed E-state index contributed by atoms with van der Waals surface area (Å²) in [5.74, 6) is 0.526. The van der Waals surface area contributed by atoms with Crippen molar-refractivity contribution >= 4 is 17.3 Å². The lowest BCUT2D eigenvalue weighted by atomic mass is 10.1. The van der Waals surface area contributed by atoms with Crippen molar-refractivity contribution in [2.24, 2.45) is 0 Å². The second kappa shape index (κ2) is 7.05. The number of thiazole rings is 1. The van der Waals surface area contributed by atoms with E-state index < -0.39 is 0 Å². The number of benzene rings is 1. The van der Waals surface area contributed by atoms with E-state index in [0.717, 1.165) is 28.4 Å². The monoisotopic (exact) mass is 291 g/mol. The van der Waals surface area contributed by atoms with Crippen LogP contribution in [0.15, 0.2) is 29.6 Å². The van der Waals surface area contributed by atoms with Gasteiger partial charge in [0.25, 0.3) is 0 Å². The van der Waals surface area contributed by atoms with Crippen LogP contribution in [0.4, 0.5) is 0 Å². The lowest BCUT2D eigenvalue weighted by Gasteiger charge is -2.04. The molecule has 0 aliphatic carbocycles. The minimum absolute atomic E-state index is 0.242. The molecule has 1 aromatic carbocycles. The third-order valence-electron chi connectivity index (χ3n) is 2.79. The Morgan fingerprint density at radius 1 is 1.30 bits per heavy atom. The molecular formula is C15H17NO3S. The van der Waals surface area contributed by atoms with Crippen molar-refractivity contribution in [1.29, 1.82) is 0 Å². The summed E-state index contributed by atoms with van der Waals surface area (Å²) < 4.78 is 10.3. The van der Waals surface area contributed by atoms with E-state index in [1.54, 1.807) is 18.4 Å². The van der Waals surface area contributed by atoms with Crippen LogP contribution in [0.25, 0.3) is 0 Å². The van der Waals surface area contributed by atoms with Crippen LogP contribution in [0.2, 0.25) is 0 Å². The molecule has 0 aliphatic heterocycles. The van der Waals surface area contributed by atoms with Crippen LogP contribution in [-0.4, -0.2) is 18.1 Å². The van der Waals surface area contributed by atoms with Crippen molar-refractivity contribution in [3.63, 3.8) is 0 Å². The number of aryl methyl sites for hydroxylation is 1. The molecule has 2 rings (SSSR count). The SMILES string of the molecule is CCc1nc(COC(=O)Cc2ccc(OC)cc2)cs1. The van der Waals surface area contributed by atoms with Gasteiger partial charge in [-0.3, -0.25) is 4.79 Å². The second-order valence-electron chi connectivity index (χ2n) is 4.27. The summed E-state index contributed by atoms with van der Waals surface area (Å²) >= 11 is 1.59. The Labute approximate surface area is 122 Å². The standard InChI is InChI=1S/C15H17NO3S/c1-3-14-16-12(10-20-14)9-19-15(17)8-11-4-6-13(18-2)7-5-11/h4-7,10H,3,8-9H2,1-2H3. The number of esters is 1. The quantitative estimate of drug-likeness (QED) is 0.768. The highest BCUT2D eigenvalue weighted by Gasteiger charge is 2.07. The van der Waals surface area contributed by atoms with Gasteiger partial charge in [0, 0.05) is 5.38 Å². The van der Waals surface area contributed by atoms with Crippen LogP contribution in [-0.2, 0) is 29.0 Å². The van der Waals surface area contributed by atoms with Gasteiger partial charge in [-0.05, 0) is 24.1 Å². The van der Waals surface area contributed by atoms with E-state index in [4.69, 9.17) is 9.47 Å². The minimum atomic E-state index is -0.249. The van der Waals surface area contributed by atoms with Gasteiger partial charge < -0.3 is 9.47 Å². The van der Waals surface area contributed by atoms with Crippen LogP contribution < -0.4 is 4.74 Å². The Morgan fingerprint density at radius 2 is 2.05 bits per heavy atom. The van der Waals surface area contributed by atoms with E-state index in [1.165, 1.54) is 0 Å². The molecule has 0 bridgehead atoms. The number of aromatic nitrogens is 1. The smallest absolute Gasteiger partial charge is 0.310 e. The predicted octanol–water partition coefficient (Wildman–Crippen LogP) is 3.00. The molecule has 0 amide bonds. The summed E-state index contributed by atoms with van der Waals surface area (Å²) in [5.41, 5.74) is 1.72. The molecule has 1 heterocycles. The zero-order valence-corrected chi connectivity index (χ0v) is 12.4. The van der Waals surface area contributed by atoms with Gasteiger partial charge in [-0.25, -0.2) is 4.98 Å². The molecule has 0 N–H and O–H groups in total. The lowest BCUT2D eigenvalue weighted by molar-refractivity contribution is -0.144. The first-order chi connectivity index (χ1) is 9.71. The first-order valence-electron chi connectivity index (χ1n) is 6.43. The van der Waals surface area contributed by atoms with Crippen molar-refractivity contribution in [2.45, 2.75) is 26.4 Å². The van der Waals surface area contributed by atoms with Gasteiger partial charge in [-0.1, -0.05) is 19.1 Å². The first kappa shape index (κ1) is 14.5. The van der Waals surface area contributed by atoms with Crippen molar-refractivity contribution in [1.82, 2.24) is 4.98 Å². The molecule has 0 atom stereocenters. The van der Waals surface area contributed by atoms with Crippen LogP contribution in [0.5, 0.6) is 5.75 Å². The van der Waals surface area contributed by atoms with E-state index in [1.807, 2.05) is 29.6 Å². The third-order valence-corrected chi connectivity index (χ3v) is 3.83. The molecule has 0 saturated carbocycles. The molecule has 4 nitrogen and oxygen atoms in total. The number of carbonyl (C=O) groups excluding carboxylic acids is 1. The Bertz CT molecular complexity index is 563. The van der Waals surface area contributed by atoms with Crippen LogP contribution in [0.1, 0.15) is 23.2 Å². The van der Waals surface area contributed by atoms with Crippen LogP contribution >= 0.6 is 11.3 Å². The largest absolute Gasteiger partial charge is 0.497 e. The molecule has 20 heavy (non-hydrogen) atoms. The summed E-state index contributed by atoms with van der Waals surface area (Å²) in [7, 11) is 1.61. The van der Waals surface area contributed by atoms with Crippen LogP contribution in [0.3, 0.4) is 0 Å². The molecule has 0 radical (unpaired) electrons. The zero-order chi connectivity index (χ0) is 14.4. The molecule has 0 spiro atoms. The maximum atomic E-state index is 11.7. The van der Waals surface area contributed by atoms with Gasteiger partial charge in [0.1, 0.15) is 12.4 Å². The number of nitrogens with zero attached hydrogens (tertiary/aromatic N) is 1. The molecule has 5 heteroatoms. The molecule has 0 aliphatic rings. The van der Waals surface area contributed by atoms with E-state index in [9.17, 15) is 4.79 Å². The van der Waals surface area contributed by atoms with Crippen molar-refractivity contribution in [3.8, 4) is 5.75 Å². The Kier molecular flexibility index (Phi) is 5.12. The zero-order valence-electron chi connectivity index (χ0n) is 11.6. The number of ether oxygens (including phenoxy) is 2. The average Bonchev–Trinajstić information content (AvgIpc) is 2.94. The molecule has 2 aromatic rings. The lowest BCUT2D eigenvalue weighted by Crippen LogP contribution is -2.08. The highest BCUT2D eigenvalue weighted by atomic mass is 32.1. The maximum absolute atomic E-state index is 11.7. The number of rotatable bonds is 6. The molecular weight excluding hydrogens is 274 g/mol. The second-order valence-corrected chi connectivity index (χ2v) is 5.21.